The summed E-state index contributed by atoms with van der Waals surface area (Å²) in [6, 6.07) is 2.89. The lowest BCUT2D eigenvalue weighted by Gasteiger charge is -2.22. The number of hydrogen-bond donors (Lipinski definition) is 1. The maximum atomic E-state index is 14.0. The second-order valence-corrected chi connectivity index (χ2v) is 5.08. The predicted molar refractivity (Wildman–Crippen MR) is 72.9 cm³/mol. The number of benzene rings is 1. The third-order valence-corrected chi connectivity index (χ3v) is 3.36. The standard InChI is InChI=1S/C12H16BrFN2O2/c1-15(2)6-7-16(3)9-5-4-8(12(17)18)10(13)11(9)14/h4-5H,6-7H2,1-3H3,(H,17,18). The second kappa shape index (κ2) is 6.15. The molecule has 0 spiro atoms. The van der Waals surface area contributed by atoms with E-state index in [0.29, 0.717) is 12.2 Å². The molecular weight excluding hydrogens is 303 g/mol. The number of rotatable bonds is 5. The Balaban J connectivity index is 2.97. The van der Waals surface area contributed by atoms with E-state index in [1.807, 2.05) is 19.0 Å². The van der Waals surface area contributed by atoms with Crippen LogP contribution in [0.2, 0.25) is 0 Å². The van der Waals surface area contributed by atoms with E-state index in [9.17, 15) is 9.18 Å². The molecule has 0 aromatic heterocycles. The maximum Gasteiger partial charge on any atom is 0.336 e. The lowest BCUT2D eigenvalue weighted by atomic mass is 10.2. The fourth-order valence-electron chi connectivity index (χ4n) is 1.47. The third kappa shape index (κ3) is 3.43. The smallest absolute Gasteiger partial charge is 0.336 e. The number of nitrogens with zero attached hydrogens (tertiary/aromatic N) is 2. The van der Waals surface area contributed by atoms with Crippen LogP contribution < -0.4 is 4.90 Å². The van der Waals surface area contributed by atoms with Crippen LogP contribution in [0.25, 0.3) is 0 Å². The Hall–Kier alpha value is -1.14. The number of halogens is 2. The number of likely N-dealkylation sites (N-methyl/N-ethyl adjacent to an activating group) is 2. The highest BCUT2D eigenvalue weighted by molar-refractivity contribution is 9.10. The Morgan fingerprint density at radius 1 is 1.33 bits per heavy atom. The molecule has 1 aromatic carbocycles. The fraction of sp³-hybridized carbons (Fsp3) is 0.417. The molecular formula is C12H16BrFN2O2. The molecule has 0 unspecified atom stereocenters. The van der Waals surface area contributed by atoms with Crippen LogP contribution in [0.3, 0.4) is 0 Å². The SMILES string of the molecule is CN(C)CCN(C)c1ccc(C(=O)O)c(Br)c1F. The lowest BCUT2D eigenvalue weighted by molar-refractivity contribution is 0.0695. The number of carboxylic acids is 1. The van der Waals surface area contributed by atoms with Gasteiger partial charge in [-0.3, -0.25) is 0 Å². The van der Waals surface area contributed by atoms with Crippen molar-refractivity contribution < 1.29 is 14.3 Å². The molecule has 1 N–H and O–H groups in total. The molecule has 0 saturated heterocycles. The maximum absolute atomic E-state index is 14.0. The zero-order valence-corrected chi connectivity index (χ0v) is 12.2. The van der Waals surface area contributed by atoms with Gasteiger partial charge in [0.1, 0.15) is 0 Å². The summed E-state index contributed by atoms with van der Waals surface area (Å²) in [5.41, 5.74) is 0.311. The average Bonchev–Trinajstić information content (AvgIpc) is 2.29. The summed E-state index contributed by atoms with van der Waals surface area (Å²) < 4.78 is 14.0. The summed E-state index contributed by atoms with van der Waals surface area (Å²) in [6.07, 6.45) is 0. The highest BCUT2D eigenvalue weighted by Crippen LogP contribution is 2.28. The highest BCUT2D eigenvalue weighted by Gasteiger charge is 2.17. The van der Waals surface area contributed by atoms with Crippen LogP contribution in [0.4, 0.5) is 10.1 Å². The van der Waals surface area contributed by atoms with Gasteiger partial charge in [0.2, 0.25) is 0 Å². The summed E-state index contributed by atoms with van der Waals surface area (Å²) in [4.78, 5) is 14.6. The predicted octanol–water partition coefficient (Wildman–Crippen LogP) is 2.28. The lowest BCUT2D eigenvalue weighted by Crippen LogP contribution is -2.29. The van der Waals surface area contributed by atoms with Gasteiger partial charge < -0.3 is 14.9 Å². The van der Waals surface area contributed by atoms with Gasteiger partial charge in [-0.2, -0.15) is 0 Å². The van der Waals surface area contributed by atoms with Gasteiger partial charge in [-0.25, -0.2) is 9.18 Å². The van der Waals surface area contributed by atoms with Crippen LogP contribution in [0.1, 0.15) is 10.4 Å². The normalized spacial score (nSPS) is 10.8. The Labute approximate surface area is 114 Å². The molecule has 0 saturated carbocycles. The molecule has 18 heavy (non-hydrogen) atoms. The van der Waals surface area contributed by atoms with Gasteiger partial charge in [0, 0.05) is 20.1 Å². The average molecular weight is 319 g/mol. The van der Waals surface area contributed by atoms with Gasteiger partial charge in [0.25, 0.3) is 0 Å². The first-order valence-electron chi connectivity index (χ1n) is 5.41. The first-order chi connectivity index (χ1) is 8.34. The van der Waals surface area contributed by atoms with E-state index in [2.05, 4.69) is 15.9 Å². The molecule has 0 aliphatic carbocycles. The molecule has 0 aliphatic heterocycles. The van der Waals surface area contributed by atoms with Crippen molar-refractivity contribution in [3.63, 3.8) is 0 Å². The van der Waals surface area contributed by atoms with Crippen LogP contribution in [0.15, 0.2) is 16.6 Å². The third-order valence-electron chi connectivity index (χ3n) is 2.59. The Bertz CT molecular complexity index is 452. The summed E-state index contributed by atoms with van der Waals surface area (Å²) in [6.45, 7) is 1.44. The van der Waals surface area contributed by atoms with Crippen molar-refractivity contribution in [2.24, 2.45) is 0 Å². The van der Waals surface area contributed by atoms with Crippen LogP contribution in [0, 0.1) is 5.82 Å². The molecule has 0 atom stereocenters. The minimum atomic E-state index is -1.15. The van der Waals surface area contributed by atoms with Gasteiger partial charge in [-0.05, 0) is 42.2 Å². The molecule has 0 bridgehead atoms. The molecule has 100 valence electrons. The van der Waals surface area contributed by atoms with Crippen molar-refractivity contribution in [2.45, 2.75) is 0 Å². The van der Waals surface area contributed by atoms with Gasteiger partial charge in [-0.15, -0.1) is 0 Å². The second-order valence-electron chi connectivity index (χ2n) is 4.29. The minimum absolute atomic E-state index is 0.01000. The fourth-order valence-corrected chi connectivity index (χ4v) is 1.97. The molecule has 0 amide bonds. The van der Waals surface area contributed by atoms with Crippen molar-refractivity contribution >= 4 is 27.6 Å². The summed E-state index contributed by atoms with van der Waals surface area (Å²) in [5, 5.41) is 8.88. The van der Waals surface area contributed by atoms with E-state index in [-0.39, 0.29) is 10.0 Å². The van der Waals surface area contributed by atoms with E-state index >= 15 is 0 Å². The Kier molecular flexibility index (Phi) is 5.10. The first-order valence-corrected chi connectivity index (χ1v) is 6.21. The molecule has 0 aliphatic rings. The highest BCUT2D eigenvalue weighted by atomic mass is 79.9. The number of anilines is 1. The van der Waals surface area contributed by atoms with E-state index in [1.54, 1.807) is 11.9 Å². The minimum Gasteiger partial charge on any atom is -0.478 e. The quantitative estimate of drug-likeness (QED) is 0.904. The van der Waals surface area contributed by atoms with Crippen molar-refractivity contribution in [3.05, 3.63) is 28.0 Å². The van der Waals surface area contributed by atoms with Gasteiger partial charge >= 0.3 is 5.97 Å². The number of hydrogen-bond acceptors (Lipinski definition) is 3. The molecule has 0 radical (unpaired) electrons. The van der Waals surface area contributed by atoms with Crippen LogP contribution >= 0.6 is 15.9 Å². The van der Waals surface area contributed by atoms with E-state index < -0.39 is 11.8 Å². The summed E-state index contributed by atoms with van der Waals surface area (Å²) in [7, 11) is 5.65. The summed E-state index contributed by atoms with van der Waals surface area (Å²) in [5.74, 6) is -1.69. The van der Waals surface area contributed by atoms with Crippen LogP contribution in [-0.2, 0) is 0 Å². The number of carbonyl (C=O) groups is 1. The molecule has 1 rings (SSSR count). The van der Waals surface area contributed by atoms with E-state index in [4.69, 9.17) is 5.11 Å². The first kappa shape index (κ1) is 14.9. The molecule has 4 nitrogen and oxygen atoms in total. The zero-order valence-electron chi connectivity index (χ0n) is 10.6. The van der Waals surface area contributed by atoms with Crippen LogP contribution in [0.5, 0.6) is 0 Å². The zero-order chi connectivity index (χ0) is 13.9. The van der Waals surface area contributed by atoms with Gasteiger partial charge in [-0.1, -0.05) is 0 Å². The monoisotopic (exact) mass is 318 g/mol. The van der Waals surface area contributed by atoms with E-state index in [1.165, 1.54) is 12.1 Å². The Morgan fingerprint density at radius 3 is 2.44 bits per heavy atom. The van der Waals surface area contributed by atoms with Crippen molar-refractivity contribution in [3.8, 4) is 0 Å². The van der Waals surface area contributed by atoms with Crippen LogP contribution in [-0.4, -0.2) is 50.2 Å². The molecule has 0 heterocycles. The van der Waals surface area contributed by atoms with Gasteiger partial charge in [0.05, 0.1) is 15.7 Å². The number of aromatic carboxylic acids is 1. The number of carboxylic acid groups (broad SMARTS) is 1. The molecule has 6 heteroatoms. The van der Waals surface area contributed by atoms with Gasteiger partial charge in [0.15, 0.2) is 5.82 Å². The molecule has 0 fully saturated rings. The van der Waals surface area contributed by atoms with Crippen molar-refractivity contribution in [1.82, 2.24) is 4.90 Å². The largest absolute Gasteiger partial charge is 0.478 e. The summed E-state index contributed by atoms with van der Waals surface area (Å²) >= 11 is 2.99. The Morgan fingerprint density at radius 2 is 1.94 bits per heavy atom. The van der Waals surface area contributed by atoms with Crippen molar-refractivity contribution in [2.75, 3.05) is 39.1 Å². The van der Waals surface area contributed by atoms with E-state index in [0.717, 1.165) is 6.54 Å². The van der Waals surface area contributed by atoms with Crippen molar-refractivity contribution in [1.29, 1.82) is 0 Å². The molecule has 1 aromatic rings. The topological polar surface area (TPSA) is 43.8 Å².